The second-order valence-electron chi connectivity index (χ2n) is 8.45. The van der Waals surface area contributed by atoms with Crippen molar-refractivity contribution in [3.63, 3.8) is 0 Å². The van der Waals surface area contributed by atoms with Gasteiger partial charge in [-0.1, -0.05) is 36.7 Å². The Balaban J connectivity index is 1.50. The highest BCUT2D eigenvalue weighted by molar-refractivity contribution is 9.09. The molecule has 1 saturated heterocycles. The first-order valence-corrected chi connectivity index (χ1v) is 10.1. The van der Waals surface area contributed by atoms with Crippen molar-refractivity contribution in [1.82, 2.24) is 15.2 Å². The van der Waals surface area contributed by atoms with Crippen molar-refractivity contribution < 1.29 is 14.7 Å². The number of rotatable bonds is 4. The zero-order chi connectivity index (χ0) is 18.6. The summed E-state index contributed by atoms with van der Waals surface area (Å²) in [5.41, 5.74) is -1.11. The van der Waals surface area contributed by atoms with E-state index in [1.54, 1.807) is 10.3 Å². The zero-order valence-corrected chi connectivity index (χ0v) is 17.3. The third-order valence-corrected chi connectivity index (χ3v) is 7.44. The number of likely N-dealkylation sites (tertiary alicyclic amines) is 1. The first-order chi connectivity index (χ1) is 11.4. The van der Waals surface area contributed by atoms with Gasteiger partial charge in [-0.05, 0) is 13.3 Å². The molecular weight excluding hydrogens is 406 g/mol. The van der Waals surface area contributed by atoms with Crippen molar-refractivity contribution in [2.24, 2.45) is 5.41 Å². The Labute approximate surface area is 160 Å². The van der Waals surface area contributed by atoms with Gasteiger partial charge in [0, 0.05) is 15.6 Å². The maximum Gasteiger partial charge on any atom is 0.270 e. The maximum atomic E-state index is 12.4. The van der Waals surface area contributed by atoms with Gasteiger partial charge in [0.2, 0.25) is 5.91 Å². The Morgan fingerprint density at radius 2 is 2.08 bits per heavy atom. The summed E-state index contributed by atoms with van der Waals surface area (Å²) < 4.78 is 0. The molecule has 1 aliphatic heterocycles. The number of β-amino-alcohol motifs (C(OH)–C–C–N with tert-alkyl or cyclic N) is 1. The molecule has 138 valence electrons. The van der Waals surface area contributed by atoms with Crippen LogP contribution in [0.15, 0.2) is 5.38 Å². The lowest BCUT2D eigenvalue weighted by molar-refractivity contribution is -0.159. The van der Waals surface area contributed by atoms with E-state index in [0.29, 0.717) is 5.69 Å². The highest BCUT2D eigenvalue weighted by Crippen LogP contribution is 2.53. The van der Waals surface area contributed by atoms with Crippen LogP contribution in [0, 0.1) is 5.41 Å². The smallest absolute Gasteiger partial charge is 0.270 e. The van der Waals surface area contributed by atoms with Crippen LogP contribution in [0.2, 0.25) is 0 Å². The van der Waals surface area contributed by atoms with Gasteiger partial charge in [0.05, 0.1) is 30.1 Å². The number of aliphatic hydroxyl groups is 1. The van der Waals surface area contributed by atoms with Crippen LogP contribution in [-0.2, 0) is 10.2 Å². The monoisotopic (exact) mass is 429 g/mol. The number of nitrogens with one attached hydrogen (secondary N) is 1. The molecule has 0 bridgehead atoms. The van der Waals surface area contributed by atoms with E-state index in [2.05, 4.69) is 26.2 Å². The lowest BCUT2D eigenvalue weighted by atomic mass is 9.91. The molecule has 1 saturated carbocycles. The minimum atomic E-state index is -1.05. The van der Waals surface area contributed by atoms with Gasteiger partial charge in [-0.25, -0.2) is 4.98 Å². The summed E-state index contributed by atoms with van der Waals surface area (Å²) in [5, 5.41) is 15.8. The van der Waals surface area contributed by atoms with E-state index >= 15 is 0 Å². The minimum absolute atomic E-state index is 0.0692. The quantitative estimate of drug-likeness (QED) is 0.716. The molecular formula is C17H24BrN3O3S. The fraction of sp³-hybridized carbons (Fsp3) is 0.706. The first-order valence-electron chi connectivity index (χ1n) is 8.35. The van der Waals surface area contributed by atoms with E-state index in [1.807, 2.05) is 27.7 Å². The average Bonchev–Trinajstić information content (AvgIpc) is 2.92. The average molecular weight is 430 g/mol. The molecule has 25 heavy (non-hydrogen) atoms. The number of hydrogen-bond donors (Lipinski definition) is 2. The van der Waals surface area contributed by atoms with Crippen LogP contribution in [0.5, 0.6) is 0 Å². The highest BCUT2D eigenvalue weighted by Gasteiger charge is 2.59. The summed E-state index contributed by atoms with van der Waals surface area (Å²) in [6.45, 7) is 8.71. The van der Waals surface area contributed by atoms with Crippen molar-refractivity contribution in [1.29, 1.82) is 0 Å². The summed E-state index contributed by atoms with van der Waals surface area (Å²) >= 11 is 4.93. The predicted molar refractivity (Wildman–Crippen MR) is 100 cm³/mol. The summed E-state index contributed by atoms with van der Waals surface area (Å²) in [4.78, 5) is 30.8. The lowest BCUT2D eigenvalue weighted by Gasteiger charge is -2.47. The Kier molecular flexibility index (Phi) is 4.53. The number of carbonyl (C=O) groups is 2. The minimum Gasteiger partial charge on any atom is -0.384 e. The van der Waals surface area contributed by atoms with Gasteiger partial charge in [0.1, 0.15) is 11.3 Å². The first kappa shape index (κ1) is 18.8. The second kappa shape index (κ2) is 6.03. The molecule has 0 aromatic carbocycles. The van der Waals surface area contributed by atoms with E-state index in [0.717, 1.165) is 11.4 Å². The van der Waals surface area contributed by atoms with E-state index in [-0.39, 0.29) is 47.1 Å². The molecule has 2 amide bonds. The van der Waals surface area contributed by atoms with E-state index < -0.39 is 5.60 Å². The number of alkyl halides is 1. The van der Waals surface area contributed by atoms with Crippen LogP contribution in [0.3, 0.4) is 0 Å². The molecule has 2 N–H and O–H groups in total. The van der Waals surface area contributed by atoms with Gasteiger partial charge in [0.25, 0.3) is 5.91 Å². The molecule has 1 aliphatic carbocycles. The number of amides is 2. The standard InChI is InChI=1S/C17H24BrN3O3S/c1-15(2,3)13-20-10(6-25-13)12(22)19-7-17(24)8-21(9-17)14(23)16(4)5-11(16)18/h6,11,24H,5,7-9H2,1-4H3,(H,19,22). The molecule has 2 aliphatic rings. The van der Waals surface area contributed by atoms with Crippen molar-refractivity contribution in [3.8, 4) is 0 Å². The fourth-order valence-corrected chi connectivity index (χ4v) is 4.63. The summed E-state index contributed by atoms with van der Waals surface area (Å²) in [6.07, 6.45) is 0.831. The van der Waals surface area contributed by atoms with Gasteiger partial charge in [-0.3, -0.25) is 9.59 Å². The van der Waals surface area contributed by atoms with Crippen molar-refractivity contribution in [2.45, 2.75) is 50.0 Å². The molecule has 6 nitrogen and oxygen atoms in total. The second-order valence-corrected chi connectivity index (χ2v) is 10.4. The van der Waals surface area contributed by atoms with E-state index in [9.17, 15) is 14.7 Å². The van der Waals surface area contributed by atoms with Crippen LogP contribution < -0.4 is 5.32 Å². The van der Waals surface area contributed by atoms with Gasteiger partial charge >= 0.3 is 0 Å². The fourth-order valence-electron chi connectivity index (χ4n) is 2.87. The molecule has 2 unspecified atom stereocenters. The third kappa shape index (κ3) is 3.61. The van der Waals surface area contributed by atoms with Crippen LogP contribution in [0.4, 0.5) is 0 Å². The number of thiazole rings is 1. The highest BCUT2D eigenvalue weighted by atomic mass is 79.9. The van der Waals surface area contributed by atoms with Crippen molar-refractivity contribution in [3.05, 3.63) is 16.1 Å². The maximum absolute atomic E-state index is 12.4. The molecule has 2 atom stereocenters. The summed E-state index contributed by atoms with van der Waals surface area (Å²) in [6, 6.07) is 0. The van der Waals surface area contributed by atoms with Crippen molar-refractivity contribution >= 4 is 39.1 Å². The molecule has 0 spiro atoms. The normalized spacial score (nSPS) is 27.6. The molecule has 2 fully saturated rings. The van der Waals surface area contributed by atoms with Gasteiger partial charge < -0.3 is 15.3 Å². The SMILES string of the molecule is CC(C)(C)c1nc(C(=O)NCC2(O)CN(C(=O)C3(C)CC3Br)C2)cs1. The third-order valence-electron chi connectivity index (χ3n) is 4.84. The molecule has 2 heterocycles. The Morgan fingerprint density at radius 1 is 1.48 bits per heavy atom. The molecule has 0 radical (unpaired) electrons. The lowest BCUT2D eigenvalue weighted by Crippen LogP contribution is -2.68. The van der Waals surface area contributed by atoms with Crippen LogP contribution >= 0.6 is 27.3 Å². The van der Waals surface area contributed by atoms with Gasteiger partial charge in [0.15, 0.2) is 0 Å². The number of aromatic nitrogens is 1. The number of halogens is 1. The van der Waals surface area contributed by atoms with Gasteiger partial charge in [-0.2, -0.15) is 0 Å². The Hall–Kier alpha value is -0.990. The molecule has 3 rings (SSSR count). The van der Waals surface area contributed by atoms with Crippen LogP contribution in [0.1, 0.15) is 49.6 Å². The largest absolute Gasteiger partial charge is 0.384 e. The van der Waals surface area contributed by atoms with Gasteiger partial charge in [-0.15, -0.1) is 11.3 Å². The van der Waals surface area contributed by atoms with Crippen LogP contribution in [-0.4, -0.2) is 56.9 Å². The van der Waals surface area contributed by atoms with E-state index in [4.69, 9.17) is 0 Å². The summed E-state index contributed by atoms with van der Waals surface area (Å²) in [5.74, 6) is -0.223. The number of hydrogen-bond acceptors (Lipinski definition) is 5. The predicted octanol–water partition coefficient (Wildman–Crippen LogP) is 1.92. The van der Waals surface area contributed by atoms with E-state index in [1.165, 1.54) is 11.3 Å². The van der Waals surface area contributed by atoms with Crippen molar-refractivity contribution in [2.75, 3.05) is 19.6 Å². The number of nitrogens with zero attached hydrogens (tertiary/aromatic N) is 2. The molecule has 1 aromatic heterocycles. The number of carbonyl (C=O) groups excluding carboxylic acids is 2. The Morgan fingerprint density at radius 3 is 2.56 bits per heavy atom. The van der Waals surface area contributed by atoms with Crippen LogP contribution in [0.25, 0.3) is 0 Å². The topological polar surface area (TPSA) is 82.5 Å². The molecule has 1 aromatic rings. The summed E-state index contributed by atoms with van der Waals surface area (Å²) in [7, 11) is 0. The Bertz CT molecular complexity index is 708. The molecule has 8 heteroatoms. The zero-order valence-electron chi connectivity index (χ0n) is 14.9.